The molecule has 14 heavy (non-hydrogen) atoms. The van der Waals surface area contributed by atoms with Gasteiger partial charge in [-0.25, -0.2) is 0 Å². The molecule has 4 nitrogen and oxygen atoms in total. The molecule has 0 bridgehead atoms. The normalized spacial score (nSPS) is 10.6. The predicted molar refractivity (Wildman–Crippen MR) is 55.1 cm³/mol. The Kier molecular flexibility index (Phi) is 8.57. The summed E-state index contributed by atoms with van der Waals surface area (Å²) in [5, 5.41) is 8.61. The lowest BCUT2D eigenvalue weighted by Gasteiger charge is -2.18. The lowest BCUT2D eigenvalue weighted by atomic mass is 10.3. The Morgan fingerprint density at radius 3 is 2.57 bits per heavy atom. The van der Waals surface area contributed by atoms with Crippen LogP contribution in [0.4, 0.5) is 0 Å². The maximum Gasteiger partial charge on any atom is 0.320 e. The highest BCUT2D eigenvalue weighted by Gasteiger charge is 2.08. The van der Waals surface area contributed by atoms with Crippen molar-refractivity contribution in [1.29, 1.82) is 0 Å². The van der Waals surface area contributed by atoms with E-state index in [9.17, 15) is 4.79 Å². The maximum absolute atomic E-state index is 11.1. The summed E-state index contributed by atoms with van der Waals surface area (Å²) in [6, 6.07) is 0. The number of carbonyl (C=O) groups is 1. The Labute approximate surface area is 85.9 Å². The van der Waals surface area contributed by atoms with Crippen molar-refractivity contribution in [1.82, 2.24) is 4.90 Å². The lowest BCUT2D eigenvalue weighted by molar-refractivity contribution is -0.144. The summed E-state index contributed by atoms with van der Waals surface area (Å²) < 4.78 is 4.85. The zero-order valence-corrected chi connectivity index (χ0v) is 9.16. The number of aliphatic hydroxyl groups excluding tert-OH is 1. The highest BCUT2D eigenvalue weighted by Crippen LogP contribution is 1.95. The van der Waals surface area contributed by atoms with E-state index in [2.05, 4.69) is 0 Å². The molecule has 0 aliphatic carbocycles. The van der Waals surface area contributed by atoms with Crippen molar-refractivity contribution in [3.05, 3.63) is 0 Å². The zero-order valence-electron chi connectivity index (χ0n) is 9.16. The number of likely N-dealkylation sites (N-methyl/N-ethyl adjacent to an activating group) is 1. The molecule has 0 atom stereocenters. The number of esters is 1. The van der Waals surface area contributed by atoms with Gasteiger partial charge in [0.2, 0.25) is 0 Å². The minimum atomic E-state index is -0.168. The van der Waals surface area contributed by atoms with Gasteiger partial charge in [-0.2, -0.15) is 0 Å². The van der Waals surface area contributed by atoms with Crippen molar-refractivity contribution in [2.45, 2.75) is 26.7 Å². The van der Waals surface area contributed by atoms with Crippen LogP contribution in [-0.4, -0.2) is 48.8 Å². The molecule has 4 heteroatoms. The fourth-order valence-corrected chi connectivity index (χ4v) is 1.19. The van der Waals surface area contributed by atoms with Gasteiger partial charge in [-0.05, 0) is 32.9 Å². The van der Waals surface area contributed by atoms with E-state index in [0.29, 0.717) is 13.2 Å². The van der Waals surface area contributed by atoms with Gasteiger partial charge in [-0.1, -0.05) is 6.92 Å². The van der Waals surface area contributed by atoms with Gasteiger partial charge in [0, 0.05) is 6.61 Å². The smallest absolute Gasteiger partial charge is 0.320 e. The van der Waals surface area contributed by atoms with Crippen LogP contribution in [0.2, 0.25) is 0 Å². The third kappa shape index (κ3) is 6.86. The summed E-state index contributed by atoms with van der Waals surface area (Å²) in [7, 11) is 0. The molecule has 0 amide bonds. The SMILES string of the molecule is CCOC(=O)CN(CC)CCCCO. The van der Waals surface area contributed by atoms with Crippen molar-refractivity contribution in [3.63, 3.8) is 0 Å². The molecule has 0 aromatic heterocycles. The van der Waals surface area contributed by atoms with Crippen molar-refractivity contribution >= 4 is 5.97 Å². The van der Waals surface area contributed by atoms with E-state index in [1.54, 1.807) is 6.92 Å². The molecule has 0 saturated heterocycles. The Morgan fingerprint density at radius 1 is 1.36 bits per heavy atom. The second-order valence-electron chi connectivity index (χ2n) is 3.10. The fourth-order valence-electron chi connectivity index (χ4n) is 1.19. The second kappa shape index (κ2) is 8.97. The molecule has 0 heterocycles. The van der Waals surface area contributed by atoms with Crippen molar-refractivity contribution < 1.29 is 14.6 Å². The Balaban J connectivity index is 3.61. The van der Waals surface area contributed by atoms with Crippen LogP contribution in [0, 0.1) is 0 Å². The number of carbonyl (C=O) groups excluding carboxylic acids is 1. The average Bonchev–Trinajstić information content (AvgIpc) is 2.17. The van der Waals surface area contributed by atoms with E-state index in [0.717, 1.165) is 25.9 Å². The molecular weight excluding hydrogens is 182 g/mol. The van der Waals surface area contributed by atoms with E-state index < -0.39 is 0 Å². The third-order valence-electron chi connectivity index (χ3n) is 1.99. The Bertz CT molecular complexity index is 150. The zero-order chi connectivity index (χ0) is 10.8. The lowest BCUT2D eigenvalue weighted by Crippen LogP contribution is -2.31. The minimum absolute atomic E-state index is 0.168. The number of ether oxygens (including phenoxy) is 1. The molecule has 0 aromatic rings. The highest BCUT2D eigenvalue weighted by atomic mass is 16.5. The summed E-state index contributed by atoms with van der Waals surface area (Å²) in [5.74, 6) is -0.168. The molecular formula is C10H21NO3. The first kappa shape index (κ1) is 13.4. The van der Waals surface area contributed by atoms with Crippen LogP contribution in [-0.2, 0) is 9.53 Å². The van der Waals surface area contributed by atoms with Gasteiger partial charge in [-0.3, -0.25) is 9.69 Å². The van der Waals surface area contributed by atoms with Crippen LogP contribution in [0.5, 0.6) is 0 Å². The van der Waals surface area contributed by atoms with Gasteiger partial charge in [0.25, 0.3) is 0 Å². The van der Waals surface area contributed by atoms with E-state index in [4.69, 9.17) is 9.84 Å². The molecule has 0 aliphatic heterocycles. The maximum atomic E-state index is 11.1. The van der Waals surface area contributed by atoms with Gasteiger partial charge < -0.3 is 9.84 Å². The molecule has 0 aromatic carbocycles. The summed E-state index contributed by atoms with van der Waals surface area (Å²) in [4.78, 5) is 13.2. The van der Waals surface area contributed by atoms with Crippen molar-refractivity contribution in [3.8, 4) is 0 Å². The van der Waals surface area contributed by atoms with Crippen LogP contribution < -0.4 is 0 Å². The first-order valence-electron chi connectivity index (χ1n) is 5.23. The standard InChI is InChI=1S/C10H21NO3/c1-3-11(7-5-6-8-12)9-10(13)14-4-2/h12H,3-9H2,1-2H3. The van der Waals surface area contributed by atoms with E-state index in [-0.39, 0.29) is 12.6 Å². The van der Waals surface area contributed by atoms with Gasteiger partial charge >= 0.3 is 5.97 Å². The molecule has 0 radical (unpaired) electrons. The number of hydrogen-bond acceptors (Lipinski definition) is 4. The van der Waals surface area contributed by atoms with Crippen molar-refractivity contribution in [2.24, 2.45) is 0 Å². The van der Waals surface area contributed by atoms with Gasteiger partial charge in [-0.15, -0.1) is 0 Å². The van der Waals surface area contributed by atoms with Gasteiger partial charge in [0.15, 0.2) is 0 Å². The summed E-state index contributed by atoms with van der Waals surface area (Å²) in [5.41, 5.74) is 0. The molecule has 0 rings (SSSR count). The number of rotatable bonds is 8. The number of unbranched alkanes of at least 4 members (excludes halogenated alkanes) is 1. The largest absolute Gasteiger partial charge is 0.465 e. The minimum Gasteiger partial charge on any atom is -0.465 e. The molecule has 0 unspecified atom stereocenters. The van der Waals surface area contributed by atoms with E-state index in [1.165, 1.54) is 0 Å². The molecule has 1 N–H and O–H groups in total. The Hall–Kier alpha value is -0.610. The second-order valence-corrected chi connectivity index (χ2v) is 3.10. The molecule has 84 valence electrons. The van der Waals surface area contributed by atoms with Crippen molar-refractivity contribution in [2.75, 3.05) is 32.8 Å². The molecule has 0 saturated carbocycles. The monoisotopic (exact) mass is 203 g/mol. The first-order chi connectivity index (χ1) is 6.74. The van der Waals surface area contributed by atoms with Crippen LogP contribution in [0.15, 0.2) is 0 Å². The summed E-state index contributed by atoms with van der Waals surface area (Å²) in [6.45, 7) is 6.51. The third-order valence-corrected chi connectivity index (χ3v) is 1.99. The van der Waals surface area contributed by atoms with Crippen LogP contribution in [0.1, 0.15) is 26.7 Å². The number of aliphatic hydroxyl groups is 1. The number of nitrogens with zero attached hydrogens (tertiary/aromatic N) is 1. The van der Waals surface area contributed by atoms with Gasteiger partial charge in [0.1, 0.15) is 0 Å². The fraction of sp³-hybridized carbons (Fsp3) is 0.900. The predicted octanol–water partition coefficient (Wildman–Crippen LogP) is 0.644. The molecule has 0 fully saturated rings. The van der Waals surface area contributed by atoms with Crippen LogP contribution in [0.25, 0.3) is 0 Å². The molecule has 0 aliphatic rings. The van der Waals surface area contributed by atoms with Crippen LogP contribution in [0.3, 0.4) is 0 Å². The van der Waals surface area contributed by atoms with E-state index in [1.807, 2.05) is 11.8 Å². The Morgan fingerprint density at radius 2 is 2.07 bits per heavy atom. The van der Waals surface area contributed by atoms with Crippen LogP contribution >= 0.6 is 0 Å². The van der Waals surface area contributed by atoms with Gasteiger partial charge in [0.05, 0.1) is 13.2 Å². The molecule has 0 spiro atoms. The van der Waals surface area contributed by atoms with E-state index >= 15 is 0 Å². The quantitative estimate of drug-likeness (QED) is 0.464. The highest BCUT2D eigenvalue weighted by molar-refractivity contribution is 5.71. The summed E-state index contributed by atoms with van der Waals surface area (Å²) in [6.07, 6.45) is 1.71. The summed E-state index contributed by atoms with van der Waals surface area (Å²) >= 11 is 0. The number of hydrogen-bond donors (Lipinski definition) is 1. The average molecular weight is 203 g/mol. The first-order valence-corrected chi connectivity index (χ1v) is 5.23. The topological polar surface area (TPSA) is 49.8 Å².